The summed E-state index contributed by atoms with van der Waals surface area (Å²) < 4.78 is 22.3. The summed E-state index contributed by atoms with van der Waals surface area (Å²) >= 11 is 0. The summed E-state index contributed by atoms with van der Waals surface area (Å²) in [6.07, 6.45) is 2.68. The SMILES string of the molecule is COc1ccc2c3c1O[C@H]1C(OC(=O)COCC(=O)O)=CC[C@@]4(O)[C@@H](C2)N(C)CC[C@]314. The summed E-state index contributed by atoms with van der Waals surface area (Å²) in [4.78, 5) is 25.1. The molecule has 4 aliphatic rings. The van der Waals surface area contributed by atoms with Crippen LogP contribution in [0.5, 0.6) is 11.5 Å². The topological polar surface area (TPSA) is 115 Å². The maximum absolute atomic E-state index is 12.3. The van der Waals surface area contributed by atoms with Crippen molar-refractivity contribution in [1.82, 2.24) is 4.90 Å². The molecule has 9 nitrogen and oxygen atoms in total. The average Bonchev–Trinajstić information content (AvgIpc) is 3.08. The van der Waals surface area contributed by atoms with E-state index in [2.05, 4.69) is 4.90 Å². The van der Waals surface area contributed by atoms with Gasteiger partial charge in [0.1, 0.15) is 19.0 Å². The zero-order valence-electron chi connectivity index (χ0n) is 17.4. The lowest BCUT2D eigenvalue weighted by atomic mass is 9.50. The van der Waals surface area contributed by atoms with Crippen LogP contribution in [0, 0.1) is 0 Å². The number of hydrogen-bond acceptors (Lipinski definition) is 8. The standard InChI is InChI=1S/C22H25NO8/c1-23-8-7-21-18-12-3-4-13(28-2)19(18)31-20(21)14(5-6-22(21,27)15(23)9-12)30-17(26)11-29-10-16(24)25/h3-5,15,20,27H,6-11H2,1-2H3,(H,24,25)/t15-,20+,21+,22-/m1/s1. The molecule has 1 saturated heterocycles. The predicted octanol–water partition coefficient (Wildman–Crippen LogP) is 0.617. The van der Waals surface area contributed by atoms with Gasteiger partial charge in [0, 0.05) is 18.0 Å². The Hall–Kier alpha value is -2.62. The Balaban J connectivity index is 1.55. The fourth-order valence-electron chi connectivity index (χ4n) is 5.97. The first-order valence-corrected chi connectivity index (χ1v) is 10.3. The Morgan fingerprint density at radius 1 is 1.32 bits per heavy atom. The third kappa shape index (κ3) is 2.66. The number of carbonyl (C=O) groups excluding carboxylic acids is 1. The molecule has 31 heavy (non-hydrogen) atoms. The van der Waals surface area contributed by atoms with Crippen LogP contribution < -0.4 is 9.47 Å². The molecular weight excluding hydrogens is 406 g/mol. The first kappa shape index (κ1) is 20.3. The number of carboxylic acid groups (broad SMARTS) is 1. The first-order valence-electron chi connectivity index (χ1n) is 10.3. The van der Waals surface area contributed by atoms with Crippen LogP contribution in [0.15, 0.2) is 24.0 Å². The zero-order valence-corrected chi connectivity index (χ0v) is 17.4. The van der Waals surface area contributed by atoms with Crippen LogP contribution in [0.3, 0.4) is 0 Å². The molecular formula is C22H25NO8. The summed E-state index contributed by atoms with van der Waals surface area (Å²) in [6.45, 7) is -0.301. The number of ether oxygens (including phenoxy) is 4. The minimum Gasteiger partial charge on any atom is -0.493 e. The van der Waals surface area contributed by atoms with Gasteiger partial charge in [-0.2, -0.15) is 0 Å². The number of esters is 1. The number of likely N-dealkylation sites (tertiary alicyclic amines) is 1. The van der Waals surface area contributed by atoms with Crippen molar-refractivity contribution < 1.29 is 38.7 Å². The fraction of sp³-hybridized carbons (Fsp3) is 0.545. The highest BCUT2D eigenvalue weighted by Gasteiger charge is 2.72. The van der Waals surface area contributed by atoms with Crippen LogP contribution in [0.1, 0.15) is 24.0 Å². The lowest BCUT2D eigenvalue weighted by molar-refractivity contribution is -0.171. The van der Waals surface area contributed by atoms with Crippen molar-refractivity contribution in [2.24, 2.45) is 0 Å². The molecule has 1 fully saturated rings. The number of rotatable bonds is 6. The number of methoxy groups -OCH3 is 1. The van der Waals surface area contributed by atoms with Crippen molar-refractivity contribution >= 4 is 11.9 Å². The summed E-state index contributed by atoms with van der Waals surface area (Å²) in [5, 5.41) is 20.7. The number of carbonyl (C=O) groups is 2. The molecule has 0 amide bonds. The molecule has 1 spiro atoms. The Labute approximate surface area is 179 Å². The van der Waals surface area contributed by atoms with E-state index in [9.17, 15) is 14.7 Å². The number of benzene rings is 1. The molecule has 4 atom stereocenters. The Kier molecular flexibility index (Phi) is 4.55. The zero-order chi connectivity index (χ0) is 22.0. The first-order chi connectivity index (χ1) is 14.8. The Morgan fingerprint density at radius 3 is 2.87 bits per heavy atom. The van der Waals surface area contributed by atoms with Crippen LogP contribution in [-0.2, 0) is 30.9 Å². The number of aliphatic hydroxyl groups is 1. The van der Waals surface area contributed by atoms with E-state index in [0.717, 1.165) is 17.7 Å². The van der Waals surface area contributed by atoms with Gasteiger partial charge in [-0.15, -0.1) is 0 Å². The van der Waals surface area contributed by atoms with Crippen molar-refractivity contribution in [3.8, 4) is 11.5 Å². The van der Waals surface area contributed by atoms with Crippen molar-refractivity contribution in [3.63, 3.8) is 0 Å². The highest BCUT2D eigenvalue weighted by molar-refractivity contribution is 5.74. The molecule has 0 aromatic heterocycles. The molecule has 2 bridgehead atoms. The lowest BCUT2D eigenvalue weighted by Gasteiger charge is -2.61. The van der Waals surface area contributed by atoms with E-state index < -0.39 is 42.3 Å². The number of nitrogens with zero attached hydrogens (tertiary/aromatic N) is 1. The molecule has 2 N–H and O–H groups in total. The second-order valence-corrected chi connectivity index (χ2v) is 8.65. The number of aliphatic carboxylic acids is 1. The molecule has 2 heterocycles. The smallest absolute Gasteiger partial charge is 0.337 e. The number of carboxylic acids is 1. The Morgan fingerprint density at radius 2 is 2.13 bits per heavy atom. The maximum Gasteiger partial charge on any atom is 0.337 e. The maximum atomic E-state index is 12.3. The summed E-state index contributed by atoms with van der Waals surface area (Å²) in [5.41, 5.74) is 0.225. The predicted molar refractivity (Wildman–Crippen MR) is 106 cm³/mol. The molecule has 9 heteroatoms. The van der Waals surface area contributed by atoms with Gasteiger partial charge in [-0.3, -0.25) is 0 Å². The highest BCUT2D eigenvalue weighted by atomic mass is 16.6. The minimum absolute atomic E-state index is 0.0911. The van der Waals surface area contributed by atoms with Gasteiger partial charge in [-0.25, -0.2) is 9.59 Å². The average molecular weight is 431 g/mol. The second-order valence-electron chi connectivity index (χ2n) is 8.65. The largest absolute Gasteiger partial charge is 0.493 e. The molecule has 2 aliphatic carbocycles. The van der Waals surface area contributed by atoms with Crippen molar-refractivity contribution in [2.45, 2.75) is 42.4 Å². The summed E-state index contributed by atoms with van der Waals surface area (Å²) in [7, 11) is 3.60. The third-order valence-corrected chi connectivity index (χ3v) is 7.24. The van der Waals surface area contributed by atoms with Crippen LogP contribution in [0.25, 0.3) is 0 Å². The number of piperidine rings is 1. The van der Waals surface area contributed by atoms with Crippen molar-refractivity contribution in [1.29, 1.82) is 0 Å². The van der Waals surface area contributed by atoms with Crippen LogP contribution in [0.2, 0.25) is 0 Å². The van der Waals surface area contributed by atoms with Gasteiger partial charge in [-0.05, 0) is 44.1 Å². The van der Waals surface area contributed by atoms with Crippen LogP contribution in [0.4, 0.5) is 0 Å². The normalized spacial score (nSPS) is 32.5. The summed E-state index contributed by atoms with van der Waals surface area (Å²) in [6, 6.07) is 3.81. The van der Waals surface area contributed by atoms with Crippen LogP contribution >= 0.6 is 0 Å². The molecule has 0 unspecified atom stereocenters. The molecule has 1 aromatic carbocycles. The van der Waals surface area contributed by atoms with E-state index in [-0.39, 0.29) is 6.04 Å². The van der Waals surface area contributed by atoms with Gasteiger partial charge in [-0.1, -0.05) is 6.07 Å². The molecule has 166 valence electrons. The number of likely N-dealkylation sites (N-methyl/N-ethyl adjacent to an activating group) is 1. The van der Waals surface area contributed by atoms with E-state index >= 15 is 0 Å². The van der Waals surface area contributed by atoms with Gasteiger partial charge in [0.2, 0.25) is 0 Å². The van der Waals surface area contributed by atoms with Gasteiger partial charge in [0.05, 0.1) is 18.1 Å². The lowest BCUT2D eigenvalue weighted by Crippen LogP contribution is -2.74. The van der Waals surface area contributed by atoms with Crippen LogP contribution in [-0.4, -0.2) is 78.7 Å². The van der Waals surface area contributed by atoms with Gasteiger partial charge < -0.3 is 34.1 Å². The molecule has 1 aromatic rings. The highest BCUT2D eigenvalue weighted by Crippen LogP contribution is 2.65. The van der Waals surface area contributed by atoms with E-state index in [1.165, 1.54) is 0 Å². The van der Waals surface area contributed by atoms with Gasteiger partial charge >= 0.3 is 11.9 Å². The van der Waals surface area contributed by atoms with Gasteiger partial charge in [0.25, 0.3) is 0 Å². The Bertz CT molecular complexity index is 990. The van der Waals surface area contributed by atoms with E-state index in [1.807, 2.05) is 19.2 Å². The van der Waals surface area contributed by atoms with E-state index in [1.54, 1.807) is 13.2 Å². The molecule has 5 rings (SSSR count). The minimum atomic E-state index is -1.16. The molecule has 2 aliphatic heterocycles. The third-order valence-electron chi connectivity index (χ3n) is 7.24. The van der Waals surface area contributed by atoms with Crippen molar-refractivity contribution in [2.75, 3.05) is 33.9 Å². The monoisotopic (exact) mass is 431 g/mol. The van der Waals surface area contributed by atoms with Crippen molar-refractivity contribution in [3.05, 3.63) is 35.1 Å². The number of hydrogen-bond donors (Lipinski definition) is 2. The molecule has 0 radical (unpaired) electrons. The second kappa shape index (κ2) is 6.94. The quantitative estimate of drug-likeness (QED) is 0.626. The van der Waals surface area contributed by atoms with E-state index in [0.29, 0.717) is 36.5 Å². The summed E-state index contributed by atoms with van der Waals surface area (Å²) in [5.74, 6) is -0.373. The van der Waals surface area contributed by atoms with E-state index in [4.69, 9.17) is 24.1 Å². The van der Waals surface area contributed by atoms with Gasteiger partial charge in [0.15, 0.2) is 17.6 Å². The fourth-order valence-corrected chi connectivity index (χ4v) is 5.97. The molecule has 0 saturated carbocycles.